The van der Waals surface area contributed by atoms with Gasteiger partial charge in [0, 0.05) is 19.4 Å². The average molecular weight is 220 g/mol. The molecule has 1 heterocycles. The quantitative estimate of drug-likeness (QED) is 0.663. The van der Waals surface area contributed by atoms with Crippen LogP contribution >= 0.6 is 0 Å². The molecule has 4 nitrogen and oxygen atoms in total. The van der Waals surface area contributed by atoms with Crippen LogP contribution < -0.4 is 11.1 Å². The van der Waals surface area contributed by atoms with Crippen molar-refractivity contribution < 1.29 is 4.39 Å². The largest absolute Gasteiger partial charge is 0.321 e. The molecule has 0 spiro atoms. The number of benzene rings is 1. The van der Waals surface area contributed by atoms with Gasteiger partial charge in [-0.05, 0) is 12.1 Å². The topological polar surface area (TPSA) is 44.0 Å². The summed E-state index contributed by atoms with van der Waals surface area (Å²) >= 11 is 0. The number of para-hydroxylation sites is 1. The Labute approximate surface area is 90.2 Å². The second-order valence-corrected chi connectivity index (χ2v) is 3.34. The monoisotopic (exact) mass is 220 g/mol. The van der Waals surface area contributed by atoms with E-state index in [2.05, 4.69) is 0 Å². The van der Waals surface area contributed by atoms with E-state index < -0.39 is 16.9 Å². The molecular formula is C11H9FN2O2. The number of aryl methyl sites for hydroxylation is 1. The van der Waals surface area contributed by atoms with Crippen LogP contribution in [0.25, 0.3) is 5.69 Å². The maximum atomic E-state index is 13.4. The van der Waals surface area contributed by atoms with E-state index in [-0.39, 0.29) is 5.69 Å². The van der Waals surface area contributed by atoms with Crippen LogP contribution in [0, 0.1) is 5.82 Å². The van der Waals surface area contributed by atoms with E-state index >= 15 is 0 Å². The molecule has 82 valence electrons. The van der Waals surface area contributed by atoms with Crippen LogP contribution in [0.4, 0.5) is 4.39 Å². The van der Waals surface area contributed by atoms with Gasteiger partial charge in [-0.15, -0.1) is 0 Å². The lowest BCUT2D eigenvalue weighted by Crippen LogP contribution is -2.39. The van der Waals surface area contributed by atoms with Gasteiger partial charge in [0.15, 0.2) is 0 Å². The standard InChI is InChI=1S/C11H9FN2O2/c1-13-6-7-14(11(16)10(13)15)9-5-3-2-4-8(9)12/h2-7H,1H3. The van der Waals surface area contributed by atoms with Crippen LogP contribution in [-0.4, -0.2) is 9.13 Å². The zero-order valence-electron chi connectivity index (χ0n) is 8.55. The van der Waals surface area contributed by atoms with Crippen molar-refractivity contribution in [1.82, 2.24) is 9.13 Å². The van der Waals surface area contributed by atoms with Gasteiger partial charge in [-0.1, -0.05) is 12.1 Å². The number of halogens is 1. The Bertz CT molecular complexity index is 643. The number of hydrogen-bond acceptors (Lipinski definition) is 2. The maximum Gasteiger partial charge on any atom is 0.321 e. The third kappa shape index (κ3) is 1.56. The Kier molecular flexibility index (Phi) is 2.44. The molecule has 2 rings (SSSR count). The molecule has 0 aliphatic carbocycles. The smallest absolute Gasteiger partial charge is 0.312 e. The highest BCUT2D eigenvalue weighted by Gasteiger charge is 2.07. The van der Waals surface area contributed by atoms with Gasteiger partial charge < -0.3 is 4.57 Å². The summed E-state index contributed by atoms with van der Waals surface area (Å²) in [5.74, 6) is -0.544. The predicted octanol–water partition coefficient (Wildman–Crippen LogP) is 0.675. The summed E-state index contributed by atoms with van der Waals surface area (Å²) in [5, 5.41) is 0. The summed E-state index contributed by atoms with van der Waals surface area (Å²) in [6.45, 7) is 0. The molecule has 0 N–H and O–H groups in total. The zero-order chi connectivity index (χ0) is 11.7. The summed E-state index contributed by atoms with van der Waals surface area (Å²) in [6, 6.07) is 5.79. The van der Waals surface area contributed by atoms with Gasteiger partial charge in [-0.3, -0.25) is 14.2 Å². The van der Waals surface area contributed by atoms with Crippen molar-refractivity contribution >= 4 is 0 Å². The SMILES string of the molecule is Cn1ccn(-c2ccccc2F)c(=O)c1=O. The Morgan fingerprint density at radius 3 is 2.44 bits per heavy atom. The van der Waals surface area contributed by atoms with Crippen LogP contribution in [0.15, 0.2) is 46.2 Å². The Morgan fingerprint density at radius 2 is 1.75 bits per heavy atom. The fourth-order valence-corrected chi connectivity index (χ4v) is 1.39. The van der Waals surface area contributed by atoms with Crippen molar-refractivity contribution in [2.24, 2.45) is 7.05 Å². The zero-order valence-corrected chi connectivity index (χ0v) is 8.55. The van der Waals surface area contributed by atoms with Crippen LogP contribution in [-0.2, 0) is 7.05 Å². The Hall–Kier alpha value is -2.17. The summed E-state index contributed by atoms with van der Waals surface area (Å²) < 4.78 is 15.6. The van der Waals surface area contributed by atoms with Crippen molar-refractivity contribution in [2.75, 3.05) is 0 Å². The number of nitrogens with zero attached hydrogens (tertiary/aromatic N) is 2. The minimum absolute atomic E-state index is 0.0743. The fourth-order valence-electron chi connectivity index (χ4n) is 1.39. The van der Waals surface area contributed by atoms with Gasteiger partial charge >= 0.3 is 11.1 Å². The molecule has 0 amide bonds. The first-order valence-electron chi connectivity index (χ1n) is 4.64. The first-order valence-corrected chi connectivity index (χ1v) is 4.64. The van der Waals surface area contributed by atoms with Gasteiger partial charge in [0.25, 0.3) is 0 Å². The van der Waals surface area contributed by atoms with Crippen molar-refractivity contribution in [1.29, 1.82) is 0 Å². The molecule has 2 aromatic rings. The molecular weight excluding hydrogens is 211 g/mol. The Balaban J connectivity index is 2.77. The van der Waals surface area contributed by atoms with Crippen molar-refractivity contribution in [3.05, 3.63) is 63.2 Å². The molecule has 0 bridgehead atoms. The lowest BCUT2D eigenvalue weighted by Gasteiger charge is -2.06. The highest BCUT2D eigenvalue weighted by atomic mass is 19.1. The second kappa shape index (κ2) is 3.77. The summed E-state index contributed by atoms with van der Waals surface area (Å²) in [5.41, 5.74) is -1.38. The van der Waals surface area contributed by atoms with E-state index in [9.17, 15) is 14.0 Å². The van der Waals surface area contributed by atoms with Gasteiger partial charge in [-0.2, -0.15) is 0 Å². The van der Waals surface area contributed by atoms with Gasteiger partial charge in [0.2, 0.25) is 0 Å². The molecule has 0 aliphatic heterocycles. The Morgan fingerprint density at radius 1 is 1.06 bits per heavy atom. The summed E-state index contributed by atoms with van der Waals surface area (Å²) in [6.07, 6.45) is 2.78. The van der Waals surface area contributed by atoms with Crippen LogP contribution in [0.3, 0.4) is 0 Å². The number of hydrogen-bond donors (Lipinski definition) is 0. The van der Waals surface area contributed by atoms with Crippen LogP contribution in [0.1, 0.15) is 0 Å². The number of rotatable bonds is 1. The highest BCUT2D eigenvalue weighted by molar-refractivity contribution is 5.33. The lowest BCUT2D eigenvalue weighted by molar-refractivity contribution is 0.613. The molecule has 0 atom stereocenters. The van der Waals surface area contributed by atoms with Crippen molar-refractivity contribution in [3.63, 3.8) is 0 Å². The molecule has 5 heteroatoms. The van der Waals surface area contributed by atoms with E-state index in [1.54, 1.807) is 6.07 Å². The summed E-state index contributed by atoms with van der Waals surface area (Å²) in [4.78, 5) is 23.0. The third-order valence-electron chi connectivity index (χ3n) is 2.27. The normalized spacial score (nSPS) is 10.4. The molecule has 0 saturated heterocycles. The van der Waals surface area contributed by atoms with Gasteiger partial charge in [-0.25, -0.2) is 4.39 Å². The predicted molar refractivity (Wildman–Crippen MR) is 57.2 cm³/mol. The van der Waals surface area contributed by atoms with E-state index in [4.69, 9.17) is 0 Å². The first-order chi connectivity index (χ1) is 7.61. The summed E-state index contributed by atoms with van der Waals surface area (Å²) in [7, 11) is 1.47. The lowest BCUT2D eigenvalue weighted by atomic mass is 10.3. The van der Waals surface area contributed by atoms with Crippen molar-refractivity contribution in [3.8, 4) is 5.69 Å². The minimum Gasteiger partial charge on any atom is -0.312 e. The third-order valence-corrected chi connectivity index (χ3v) is 2.27. The average Bonchev–Trinajstić information content (AvgIpc) is 2.28. The molecule has 0 fully saturated rings. The van der Waals surface area contributed by atoms with Gasteiger partial charge in [0.05, 0.1) is 5.69 Å². The van der Waals surface area contributed by atoms with Crippen molar-refractivity contribution in [2.45, 2.75) is 0 Å². The van der Waals surface area contributed by atoms with E-state index in [1.165, 1.54) is 37.6 Å². The first kappa shape index (κ1) is 10.4. The fraction of sp³-hybridized carbons (Fsp3) is 0.0909. The minimum atomic E-state index is -0.768. The van der Waals surface area contributed by atoms with Gasteiger partial charge in [0.1, 0.15) is 5.82 Å². The molecule has 1 aromatic carbocycles. The van der Waals surface area contributed by atoms with Crippen LogP contribution in [0.2, 0.25) is 0 Å². The molecule has 16 heavy (non-hydrogen) atoms. The van der Waals surface area contributed by atoms with E-state index in [1.807, 2.05) is 0 Å². The molecule has 0 aliphatic rings. The molecule has 1 aromatic heterocycles. The maximum absolute atomic E-state index is 13.4. The van der Waals surface area contributed by atoms with E-state index in [0.29, 0.717) is 0 Å². The van der Waals surface area contributed by atoms with Crippen LogP contribution in [0.5, 0.6) is 0 Å². The second-order valence-electron chi connectivity index (χ2n) is 3.34. The van der Waals surface area contributed by atoms with E-state index in [0.717, 1.165) is 9.13 Å². The molecule has 0 saturated carbocycles. The molecule has 0 radical (unpaired) electrons. The highest BCUT2D eigenvalue weighted by Crippen LogP contribution is 2.08. The number of aromatic nitrogens is 2. The molecule has 0 unspecified atom stereocenters.